The van der Waals surface area contributed by atoms with Gasteiger partial charge in [0.1, 0.15) is 6.04 Å². The molecule has 0 aliphatic rings. The first-order valence-corrected chi connectivity index (χ1v) is 10.2. The van der Waals surface area contributed by atoms with Crippen molar-refractivity contribution in [2.24, 2.45) is 5.92 Å². The molecule has 0 aliphatic heterocycles. The summed E-state index contributed by atoms with van der Waals surface area (Å²) in [4.78, 5) is 36.3. The average molecular weight is 436 g/mol. The van der Waals surface area contributed by atoms with E-state index in [-0.39, 0.29) is 42.1 Å². The van der Waals surface area contributed by atoms with Gasteiger partial charge in [0, 0.05) is 12.1 Å². The maximum atomic E-state index is 12.6. The van der Waals surface area contributed by atoms with E-state index in [9.17, 15) is 19.7 Å². The Labute approximate surface area is 178 Å². The molecule has 2 aromatic rings. The van der Waals surface area contributed by atoms with E-state index in [1.165, 1.54) is 37.7 Å². The van der Waals surface area contributed by atoms with E-state index in [0.717, 1.165) is 0 Å². The van der Waals surface area contributed by atoms with Crippen LogP contribution in [-0.2, 0) is 11.2 Å². The van der Waals surface area contributed by atoms with Gasteiger partial charge < -0.3 is 20.1 Å². The smallest absolute Gasteiger partial charge is 0.276 e. The molecule has 2 N–H and O–H groups in total. The predicted octanol–water partition coefficient (Wildman–Crippen LogP) is 2.79. The SMILES string of the molecule is COc1cc(CCNC(=O)C(NC(=O)c2cccs2)C(C)C)c([N+](=O)[O-])cc1OC. The first-order chi connectivity index (χ1) is 14.3. The number of nitro groups is 1. The minimum Gasteiger partial charge on any atom is -0.493 e. The van der Waals surface area contributed by atoms with Crippen LogP contribution in [0.1, 0.15) is 29.1 Å². The fraction of sp³-hybridized carbons (Fsp3) is 0.400. The standard InChI is InChI=1S/C20H25N3O6S/c1-12(2)18(22-19(24)17-6-5-9-30-17)20(25)21-8-7-13-10-15(28-3)16(29-4)11-14(13)23(26)27/h5-6,9-12,18H,7-8H2,1-4H3,(H,21,25)(H,22,24). The number of benzene rings is 1. The van der Waals surface area contributed by atoms with Crippen LogP contribution < -0.4 is 20.1 Å². The van der Waals surface area contributed by atoms with Crippen molar-refractivity contribution >= 4 is 28.8 Å². The minimum absolute atomic E-state index is 0.117. The average Bonchev–Trinajstić information content (AvgIpc) is 3.25. The van der Waals surface area contributed by atoms with Crippen molar-refractivity contribution in [3.63, 3.8) is 0 Å². The Hall–Kier alpha value is -3.14. The Morgan fingerprint density at radius 3 is 2.40 bits per heavy atom. The largest absolute Gasteiger partial charge is 0.493 e. The summed E-state index contributed by atoms with van der Waals surface area (Å²) in [5.74, 6) is -0.169. The van der Waals surface area contributed by atoms with Crippen LogP contribution in [0.15, 0.2) is 29.6 Å². The zero-order valence-electron chi connectivity index (χ0n) is 17.3. The molecular weight excluding hydrogens is 410 g/mol. The lowest BCUT2D eigenvalue weighted by atomic mass is 10.0. The predicted molar refractivity (Wildman–Crippen MR) is 113 cm³/mol. The van der Waals surface area contributed by atoms with Crippen molar-refractivity contribution in [2.45, 2.75) is 26.3 Å². The van der Waals surface area contributed by atoms with Gasteiger partial charge in [-0.15, -0.1) is 11.3 Å². The van der Waals surface area contributed by atoms with Gasteiger partial charge >= 0.3 is 0 Å². The van der Waals surface area contributed by atoms with Gasteiger partial charge in [0.25, 0.3) is 11.6 Å². The monoisotopic (exact) mass is 435 g/mol. The van der Waals surface area contributed by atoms with Gasteiger partial charge in [0.05, 0.1) is 30.1 Å². The van der Waals surface area contributed by atoms with Crippen LogP contribution in [0.25, 0.3) is 0 Å². The van der Waals surface area contributed by atoms with E-state index < -0.39 is 11.0 Å². The maximum absolute atomic E-state index is 12.6. The van der Waals surface area contributed by atoms with Crippen molar-refractivity contribution in [1.82, 2.24) is 10.6 Å². The summed E-state index contributed by atoms with van der Waals surface area (Å²) < 4.78 is 10.3. The Kier molecular flexibility index (Phi) is 8.16. The molecule has 0 fully saturated rings. The molecule has 0 bridgehead atoms. The van der Waals surface area contributed by atoms with Crippen molar-refractivity contribution in [1.29, 1.82) is 0 Å². The summed E-state index contributed by atoms with van der Waals surface area (Å²) >= 11 is 1.29. The summed E-state index contributed by atoms with van der Waals surface area (Å²) in [6.45, 7) is 3.82. The molecule has 0 saturated carbocycles. The van der Waals surface area contributed by atoms with E-state index in [1.54, 1.807) is 17.5 Å². The third-order valence-corrected chi connectivity index (χ3v) is 5.32. The molecule has 1 atom stereocenters. The molecule has 30 heavy (non-hydrogen) atoms. The molecule has 162 valence electrons. The number of methoxy groups -OCH3 is 2. The van der Waals surface area contributed by atoms with Gasteiger partial charge in [-0.25, -0.2) is 0 Å². The van der Waals surface area contributed by atoms with Crippen LogP contribution in [0, 0.1) is 16.0 Å². The number of nitrogens with one attached hydrogen (secondary N) is 2. The Bertz CT molecular complexity index is 898. The molecule has 1 aromatic heterocycles. The van der Waals surface area contributed by atoms with Gasteiger partial charge in [-0.3, -0.25) is 19.7 Å². The fourth-order valence-electron chi connectivity index (χ4n) is 2.87. The number of nitrogens with zero attached hydrogens (tertiary/aromatic N) is 1. The van der Waals surface area contributed by atoms with Crippen molar-refractivity contribution in [3.8, 4) is 11.5 Å². The highest BCUT2D eigenvalue weighted by atomic mass is 32.1. The quantitative estimate of drug-likeness (QED) is 0.437. The number of nitro benzene ring substituents is 1. The Morgan fingerprint density at radius 2 is 1.87 bits per heavy atom. The fourth-order valence-corrected chi connectivity index (χ4v) is 3.49. The summed E-state index contributed by atoms with van der Waals surface area (Å²) in [6.07, 6.45) is 0.214. The zero-order valence-corrected chi connectivity index (χ0v) is 18.1. The second-order valence-electron chi connectivity index (χ2n) is 6.81. The molecule has 1 unspecified atom stereocenters. The van der Waals surface area contributed by atoms with Gasteiger partial charge in [-0.2, -0.15) is 0 Å². The molecule has 2 rings (SSSR count). The van der Waals surface area contributed by atoms with Crippen LogP contribution in [0.4, 0.5) is 5.69 Å². The number of amides is 2. The normalized spacial score (nSPS) is 11.6. The number of thiophene rings is 1. The topological polar surface area (TPSA) is 120 Å². The highest BCUT2D eigenvalue weighted by Crippen LogP contribution is 2.34. The van der Waals surface area contributed by atoms with E-state index in [4.69, 9.17) is 9.47 Å². The lowest BCUT2D eigenvalue weighted by molar-refractivity contribution is -0.385. The molecule has 0 saturated heterocycles. The van der Waals surface area contributed by atoms with Crippen LogP contribution >= 0.6 is 11.3 Å². The van der Waals surface area contributed by atoms with Crippen LogP contribution in [0.3, 0.4) is 0 Å². The number of carbonyl (C=O) groups is 2. The molecule has 0 aliphatic carbocycles. The zero-order chi connectivity index (χ0) is 22.3. The first kappa shape index (κ1) is 23.1. The Balaban J connectivity index is 2.06. The van der Waals surface area contributed by atoms with Crippen LogP contribution in [0.2, 0.25) is 0 Å². The Morgan fingerprint density at radius 1 is 1.20 bits per heavy atom. The molecule has 1 aromatic carbocycles. The lowest BCUT2D eigenvalue weighted by Crippen LogP contribution is -2.49. The second-order valence-corrected chi connectivity index (χ2v) is 7.75. The molecule has 1 heterocycles. The highest BCUT2D eigenvalue weighted by molar-refractivity contribution is 7.12. The van der Waals surface area contributed by atoms with E-state index in [0.29, 0.717) is 16.2 Å². The summed E-state index contributed by atoms with van der Waals surface area (Å²) in [6, 6.07) is 5.56. The number of rotatable bonds is 10. The molecule has 0 radical (unpaired) electrons. The summed E-state index contributed by atoms with van der Waals surface area (Å²) in [5.41, 5.74) is 0.287. The van der Waals surface area contributed by atoms with E-state index in [1.807, 2.05) is 13.8 Å². The molecule has 9 nitrogen and oxygen atoms in total. The van der Waals surface area contributed by atoms with Crippen LogP contribution in [0.5, 0.6) is 11.5 Å². The minimum atomic E-state index is -0.722. The first-order valence-electron chi connectivity index (χ1n) is 9.29. The molecule has 10 heteroatoms. The van der Waals surface area contributed by atoms with E-state index >= 15 is 0 Å². The van der Waals surface area contributed by atoms with Crippen molar-refractivity contribution in [2.75, 3.05) is 20.8 Å². The van der Waals surface area contributed by atoms with E-state index in [2.05, 4.69) is 10.6 Å². The third-order valence-electron chi connectivity index (χ3n) is 4.46. The number of hydrogen-bond donors (Lipinski definition) is 2. The lowest BCUT2D eigenvalue weighted by Gasteiger charge is -2.21. The number of hydrogen-bond acceptors (Lipinski definition) is 7. The van der Waals surface area contributed by atoms with Crippen molar-refractivity contribution < 1.29 is 24.0 Å². The third kappa shape index (κ3) is 5.69. The van der Waals surface area contributed by atoms with Crippen molar-refractivity contribution in [3.05, 3.63) is 50.2 Å². The summed E-state index contributed by atoms with van der Waals surface area (Å²) in [5, 5.41) is 18.7. The maximum Gasteiger partial charge on any atom is 0.276 e. The van der Waals surface area contributed by atoms with Gasteiger partial charge in [0.15, 0.2) is 11.5 Å². The van der Waals surface area contributed by atoms with Crippen LogP contribution in [-0.4, -0.2) is 43.5 Å². The molecule has 2 amide bonds. The van der Waals surface area contributed by atoms with Gasteiger partial charge in [0.2, 0.25) is 5.91 Å². The van der Waals surface area contributed by atoms with Gasteiger partial charge in [-0.05, 0) is 29.9 Å². The highest BCUT2D eigenvalue weighted by Gasteiger charge is 2.25. The molecular formula is C20H25N3O6S. The van der Waals surface area contributed by atoms with Gasteiger partial charge in [-0.1, -0.05) is 19.9 Å². The summed E-state index contributed by atoms with van der Waals surface area (Å²) in [7, 11) is 2.84. The number of carbonyl (C=O) groups excluding carboxylic acids is 2. The number of ether oxygens (including phenoxy) is 2. The molecule has 0 spiro atoms. The second kappa shape index (κ2) is 10.6.